The summed E-state index contributed by atoms with van der Waals surface area (Å²) in [7, 11) is 3.19. The number of benzene rings is 1. The highest BCUT2D eigenvalue weighted by atomic mass is 16.5. The first kappa shape index (κ1) is 14.0. The van der Waals surface area contributed by atoms with Gasteiger partial charge in [0.2, 0.25) is 0 Å². The van der Waals surface area contributed by atoms with Gasteiger partial charge >= 0.3 is 5.97 Å². The Hall–Kier alpha value is -1.39. The van der Waals surface area contributed by atoms with E-state index in [1.54, 1.807) is 13.2 Å². The van der Waals surface area contributed by atoms with Crippen molar-refractivity contribution in [2.24, 2.45) is 0 Å². The third-order valence-corrected chi connectivity index (χ3v) is 3.62. The number of carbonyl (C=O) groups excluding carboxylic acids is 1. The van der Waals surface area contributed by atoms with Gasteiger partial charge in [0.25, 0.3) is 0 Å². The van der Waals surface area contributed by atoms with E-state index in [2.05, 4.69) is 11.0 Å². The zero-order valence-corrected chi connectivity index (χ0v) is 11.6. The molecule has 0 spiro atoms. The minimum absolute atomic E-state index is 0.278. The van der Waals surface area contributed by atoms with Crippen molar-refractivity contribution < 1.29 is 14.3 Å². The van der Waals surface area contributed by atoms with Gasteiger partial charge < -0.3 is 9.47 Å². The van der Waals surface area contributed by atoms with Crippen molar-refractivity contribution in [2.75, 3.05) is 27.3 Å². The van der Waals surface area contributed by atoms with E-state index in [9.17, 15) is 4.79 Å². The van der Waals surface area contributed by atoms with Crippen LogP contribution in [0.25, 0.3) is 0 Å². The van der Waals surface area contributed by atoms with Gasteiger partial charge in [0.1, 0.15) is 0 Å². The average Bonchev–Trinajstić information content (AvgIpc) is 2.47. The highest BCUT2D eigenvalue weighted by Crippen LogP contribution is 2.16. The Bertz CT molecular complexity index is 425. The largest absolute Gasteiger partial charge is 0.465 e. The first-order valence-electron chi connectivity index (χ1n) is 6.65. The van der Waals surface area contributed by atoms with Gasteiger partial charge in [0, 0.05) is 26.7 Å². The van der Waals surface area contributed by atoms with Crippen LogP contribution < -0.4 is 0 Å². The van der Waals surface area contributed by atoms with Crippen molar-refractivity contribution in [3.05, 3.63) is 35.4 Å². The first-order valence-corrected chi connectivity index (χ1v) is 6.65. The molecule has 0 aromatic heterocycles. The van der Waals surface area contributed by atoms with E-state index in [-0.39, 0.29) is 5.97 Å². The molecule has 1 aliphatic heterocycles. The van der Waals surface area contributed by atoms with Gasteiger partial charge in [-0.2, -0.15) is 0 Å². The van der Waals surface area contributed by atoms with Crippen LogP contribution in [-0.4, -0.2) is 44.3 Å². The number of esters is 1. The van der Waals surface area contributed by atoms with E-state index in [1.807, 2.05) is 12.1 Å². The van der Waals surface area contributed by atoms with Crippen LogP contribution in [0.4, 0.5) is 0 Å². The summed E-state index contributed by atoms with van der Waals surface area (Å²) in [5.41, 5.74) is 1.77. The van der Waals surface area contributed by atoms with E-state index in [0.717, 1.165) is 38.0 Å². The summed E-state index contributed by atoms with van der Waals surface area (Å²) < 4.78 is 10.1. The third-order valence-electron chi connectivity index (χ3n) is 3.62. The SMILES string of the molecule is COC(=O)c1cccc(CN2CCC(OC)CC2)c1. The highest BCUT2D eigenvalue weighted by molar-refractivity contribution is 5.89. The lowest BCUT2D eigenvalue weighted by Crippen LogP contribution is -2.36. The number of nitrogens with zero attached hydrogens (tertiary/aromatic N) is 1. The van der Waals surface area contributed by atoms with Crippen LogP contribution in [-0.2, 0) is 16.0 Å². The number of piperidine rings is 1. The predicted molar refractivity (Wildman–Crippen MR) is 73.1 cm³/mol. The Kier molecular flexibility index (Phi) is 4.93. The lowest BCUT2D eigenvalue weighted by Gasteiger charge is -2.31. The number of likely N-dealkylation sites (tertiary alicyclic amines) is 1. The normalized spacial score (nSPS) is 17.4. The van der Waals surface area contributed by atoms with Crippen molar-refractivity contribution in [3.63, 3.8) is 0 Å². The van der Waals surface area contributed by atoms with Gasteiger partial charge in [-0.25, -0.2) is 4.79 Å². The van der Waals surface area contributed by atoms with Crippen LogP contribution in [0, 0.1) is 0 Å². The summed E-state index contributed by atoms with van der Waals surface area (Å²) in [6.07, 6.45) is 2.55. The molecule has 104 valence electrons. The molecule has 0 amide bonds. The molecular weight excluding hydrogens is 242 g/mol. The second kappa shape index (κ2) is 6.68. The van der Waals surface area contributed by atoms with E-state index in [1.165, 1.54) is 7.11 Å². The molecule has 1 heterocycles. The molecule has 0 N–H and O–H groups in total. The molecule has 1 fully saturated rings. The molecule has 1 aromatic carbocycles. The molecule has 2 rings (SSSR count). The van der Waals surface area contributed by atoms with E-state index < -0.39 is 0 Å². The standard InChI is InChI=1S/C15H21NO3/c1-18-14-6-8-16(9-7-14)11-12-4-3-5-13(10-12)15(17)19-2/h3-5,10,14H,6-9,11H2,1-2H3. The summed E-state index contributed by atoms with van der Waals surface area (Å²) in [6.45, 7) is 2.96. The highest BCUT2D eigenvalue weighted by Gasteiger charge is 2.18. The molecule has 0 bridgehead atoms. The number of rotatable bonds is 4. The molecule has 0 aliphatic carbocycles. The van der Waals surface area contributed by atoms with Gasteiger partial charge in [0.05, 0.1) is 18.8 Å². The fraction of sp³-hybridized carbons (Fsp3) is 0.533. The van der Waals surface area contributed by atoms with E-state index in [0.29, 0.717) is 11.7 Å². The number of hydrogen-bond acceptors (Lipinski definition) is 4. The third kappa shape index (κ3) is 3.78. The zero-order chi connectivity index (χ0) is 13.7. The number of hydrogen-bond donors (Lipinski definition) is 0. The van der Waals surface area contributed by atoms with Gasteiger partial charge in [-0.3, -0.25) is 4.90 Å². The quantitative estimate of drug-likeness (QED) is 0.780. The molecule has 4 heteroatoms. The fourth-order valence-corrected chi connectivity index (χ4v) is 2.48. The van der Waals surface area contributed by atoms with Crippen molar-refractivity contribution in [1.29, 1.82) is 0 Å². The molecule has 0 radical (unpaired) electrons. The molecule has 4 nitrogen and oxygen atoms in total. The Morgan fingerprint density at radius 2 is 2.05 bits per heavy atom. The minimum atomic E-state index is -0.278. The van der Waals surface area contributed by atoms with Crippen molar-refractivity contribution in [1.82, 2.24) is 4.90 Å². The lowest BCUT2D eigenvalue weighted by atomic mass is 10.1. The fourth-order valence-electron chi connectivity index (χ4n) is 2.48. The lowest BCUT2D eigenvalue weighted by molar-refractivity contribution is 0.0388. The molecule has 0 saturated carbocycles. The van der Waals surface area contributed by atoms with E-state index >= 15 is 0 Å². The maximum Gasteiger partial charge on any atom is 0.337 e. The number of ether oxygens (including phenoxy) is 2. The minimum Gasteiger partial charge on any atom is -0.465 e. The van der Waals surface area contributed by atoms with Crippen LogP contribution in [0.5, 0.6) is 0 Å². The molecule has 1 aromatic rings. The topological polar surface area (TPSA) is 38.8 Å². The Morgan fingerprint density at radius 1 is 1.32 bits per heavy atom. The number of carbonyl (C=O) groups is 1. The second-order valence-electron chi connectivity index (χ2n) is 4.90. The molecule has 0 atom stereocenters. The first-order chi connectivity index (χ1) is 9.22. The summed E-state index contributed by atoms with van der Waals surface area (Å²) in [5, 5.41) is 0. The van der Waals surface area contributed by atoms with Crippen LogP contribution in [0.3, 0.4) is 0 Å². The summed E-state index contributed by atoms with van der Waals surface area (Å²) >= 11 is 0. The van der Waals surface area contributed by atoms with Gasteiger partial charge in [-0.1, -0.05) is 12.1 Å². The van der Waals surface area contributed by atoms with Gasteiger partial charge in [-0.05, 0) is 30.5 Å². The molecular formula is C15H21NO3. The summed E-state index contributed by atoms with van der Waals surface area (Å²) in [6, 6.07) is 7.65. The van der Waals surface area contributed by atoms with Crippen LogP contribution >= 0.6 is 0 Å². The van der Waals surface area contributed by atoms with Crippen molar-refractivity contribution in [2.45, 2.75) is 25.5 Å². The predicted octanol–water partition coefficient (Wildman–Crippen LogP) is 2.08. The number of methoxy groups -OCH3 is 2. The Balaban J connectivity index is 1.94. The molecule has 0 unspecified atom stereocenters. The summed E-state index contributed by atoms with van der Waals surface area (Å²) in [4.78, 5) is 13.9. The van der Waals surface area contributed by atoms with Crippen LogP contribution in [0.1, 0.15) is 28.8 Å². The molecule has 1 saturated heterocycles. The van der Waals surface area contributed by atoms with Crippen molar-refractivity contribution >= 4 is 5.97 Å². The zero-order valence-electron chi connectivity index (χ0n) is 11.6. The van der Waals surface area contributed by atoms with Gasteiger partial charge in [0.15, 0.2) is 0 Å². The smallest absolute Gasteiger partial charge is 0.337 e. The maximum atomic E-state index is 11.5. The maximum absolute atomic E-state index is 11.5. The second-order valence-corrected chi connectivity index (χ2v) is 4.90. The van der Waals surface area contributed by atoms with Gasteiger partial charge in [-0.15, -0.1) is 0 Å². The average molecular weight is 263 g/mol. The molecule has 19 heavy (non-hydrogen) atoms. The van der Waals surface area contributed by atoms with Crippen LogP contribution in [0.2, 0.25) is 0 Å². The monoisotopic (exact) mass is 263 g/mol. The van der Waals surface area contributed by atoms with Crippen molar-refractivity contribution in [3.8, 4) is 0 Å². The van der Waals surface area contributed by atoms with E-state index in [4.69, 9.17) is 9.47 Å². The molecule has 1 aliphatic rings. The summed E-state index contributed by atoms with van der Waals surface area (Å²) in [5.74, 6) is -0.278. The Labute approximate surface area is 114 Å². The Morgan fingerprint density at radius 3 is 2.68 bits per heavy atom. The van der Waals surface area contributed by atoms with Crippen LogP contribution in [0.15, 0.2) is 24.3 Å².